The van der Waals surface area contributed by atoms with Gasteiger partial charge >= 0.3 is 59.2 Å². The molecule has 0 atom stereocenters. The first-order valence-corrected chi connectivity index (χ1v) is 5.19. The molecule has 2 heteroatoms. The van der Waals surface area contributed by atoms with Gasteiger partial charge in [-0.25, -0.2) is 0 Å². The first-order chi connectivity index (χ1) is 4.30. The van der Waals surface area contributed by atoms with E-state index in [1.54, 1.807) is 0 Å². The zero-order valence-electron chi connectivity index (χ0n) is 5.24. The van der Waals surface area contributed by atoms with Crippen LogP contribution in [0.15, 0.2) is 30.3 Å². The Morgan fingerprint density at radius 3 is 2.11 bits per heavy atom. The third-order valence-electron chi connectivity index (χ3n) is 1.08. The maximum atomic E-state index is 9.15. The molecule has 0 aliphatic carbocycles. The summed E-state index contributed by atoms with van der Waals surface area (Å²) in [6.07, 6.45) is 0. The molecule has 0 aromatic heterocycles. The van der Waals surface area contributed by atoms with Crippen molar-refractivity contribution < 1.29 is 18.6 Å². The van der Waals surface area contributed by atoms with E-state index in [0.29, 0.717) is 0 Å². The Hall–Kier alpha value is -0.288. The molecule has 0 fully saturated rings. The fourth-order valence-electron chi connectivity index (χ4n) is 0.617. The Kier molecular flexibility index (Phi) is 2.30. The van der Waals surface area contributed by atoms with Crippen LogP contribution in [-0.4, -0.2) is 4.16 Å². The standard InChI is InChI=1S/C6H5.CH3.Cr.H2O/c1-2-4-6-5-3-1;;;/h1-5H;1H3;;1H2/q;;+1;/p-1. The van der Waals surface area contributed by atoms with Gasteiger partial charge in [-0.2, -0.15) is 0 Å². The van der Waals surface area contributed by atoms with Gasteiger partial charge < -0.3 is 0 Å². The van der Waals surface area contributed by atoms with Crippen molar-refractivity contribution in [3.63, 3.8) is 0 Å². The molecule has 0 bridgehead atoms. The van der Waals surface area contributed by atoms with E-state index < -0.39 is 14.5 Å². The second kappa shape index (κ2) is 3.03. The number of hydrogen-bond donors (Lipinski definition) is 1. The van der Waals surface area contributed by atoms with E-state index in [1.807, 2.05) is 36.1 Å². The molecule has 0 spiro atoms. The topological polar surface area (TPSA) is 20.2 Å². The molecule has 0 aliphatic heterocycles. The van der Waals surface area contributed by atoms with E-state index in [4.69, 9.17) is 4.16 Å². The van der Waals surface area contributed by atoms with Crippen LogP contribution in [0.5, 0.6) is 0 Å². The predicted octanol–water partition coefficient (Wildman–Crippen LogP) is 0.885. The SMILES string of the molecule is [CH3][Cr]([OH])[c]1ccccc1. The van der Waals surface area contributed by atoms with Gasteiger partial charge in [-0.1, -0.05) is 0 Å². The van der Waals surface area contributed by atoms with E-state index in [0.717, 1.165) is 4.43 Å². The van der Waals surface area contributed by atoms with Crippen molar-refractivity contribution in [2.45, 2.75) is 5.79 Å². The van der Waals surface area contributed by atoms with Crippen LogP contribution in [0.3, 0.4) is 0 Å². The Labute approximate surface area is 59.7 Å². The minimum atomic E-state index is -1.41. The van der Waals surface area contributed by atoms with Crippen LogP contribution in [0.2, 0.25) is 5.79 Å². The molecule has 49 valence electrons. The summed E-state index contributed by atoms with van der Waals surface area (Å²) in [4.78, 5) is 0. The molecule has 0 saturated carbocycles. The molecule has 9 heavy (non-hydrogen) atoms. The second-order valence-corrected chi connectivity index (χ2v) is 4.02. The summed E-state index contributed by atoms with van der Waals surface area (Å²) in [5.74, 6) is 1.88. The summed E-state index contributed by atoms with van der Waals surface area (Å²) < 4.78 is 10.2. The van der Waals surface area contributed by atoms with E-state index in [9.17, 15) is 0 Å². The van der Waals surface area contributed by atoms with Crippen LogP contribution in [0.1, 0.15) is 0 Å². The molecule has 0 amide bonds. The van der Waals surface area contributed by atoms with Gasteiger partial charge in [-0.3, -0.25) is 0 Å². The summed E-state index contributed by atoms with van der Waals surface area (Å²) in [6, 6.07) is 9.78. The summed E-state index contributed by atoms with van der Waals surface area (Å²) in [6.45, 7) is 0. The molecule has 0 aliphatic rings. The van der Waals surface area contributed by atoms with Gasteiger partial charge in [-0.05, 0) is 0 Å². The van der Waals surface area contributed by atoms with Crippen molar-refractivity contribution in [3.05, 3.63) is 30.3 Å². The Morgan fingerprint density at radius 2 is 1.78 bits per heavy atom. The third kappa shape index (κ3) is 1.83. The maximum absolute atomic E-state index is 9.15. The van der Waals surface area contributed by atoms with E-state index in [2.05, 4.69) is 0 Å². The molecule has 1 aromatic carbocycles. The van der Waals surface area contributed by atoms with Crippen molar-refractivity contribution >= 4 is 4.43 Å². The monoisotopic (exact) mass is 161 g/mol. The molecule has 0 saturated heterocycles. The van der Waals surface area contributed by atoms with Crippen LogP contribution in [0.25, 0.3) is 0 Å². The minimum absolute atomic E-state index is 1.09. The molecule has 1 N–H and O–H groups in total. The van der Waals surface area contributed by atoms with Gasteiger partial charge in [0.2, 0.25) is 0 Å². The fourth-order valence-corrected chi connectivity index (χ4v) is 1.48. The first kappa shape index (κ1) is 6.83. The van der Waals surface area contributed by atoms with Crippen LogP contribution < -0.4 is 4.43 Å². The number of rotatable bonds is 1. The zero-order chi connectivity index (χ0) is 6.69. The Bertz CT molecular complexity index is 172. The predicted molar refractivity (Wildman–Crippen MR) is 34.2 cm³/mol. The van der Waals surface area contributed by atoms with Gasteiger partial charge in [0.1, 0.15) is 0 Å². The normalized spacial score (nSPS) is 10.1. The van der Waals surface area contributed by atoms with E-state index in [1.165, 1.54) is 0 Å². The number of benzene rings is 1. The van der Waals surface area contributed by atoms with E-state index in [-0.39, 0.29) is 0 Å². The van der Waals surface area contributed by atoms with Crippen molar-refractivity contribution in [1.82, 2.24) is 0 Å². The number of hydrogen-bond acceptors (Lipinski definition) is 1. The zero-order valence-corrected chi connectivity index (χ0v) is 6.52. The van der Waals surface area contributed by atoms with Gasteiger partial charge in [0.25, 0.3) is 0 Å². The molecule has 0 radical (unpaired) electrons. The first-order valence-electron chi connectivity index (χ1n) is 2.71. The second-order valence-electron chi connectivity index (χ2n) is 1.79. The van der Waals surface area contributed by atoms with Gasteiger partial charge in [0.05, 0.1) is 0 Å². The van der Waals surface area contributed by atoms with Gasteiger partial charge in [0, 0.05) is 0 Å². The van der Waals surface area contributed by atoms with Crippen LogP contribution in [-0.2, 0) is 14.5 Å². The average molecular weight is 161 g/mol. The molecule has 1 aromatic rings. The summed E-state index contributed by atoms with van der Waals surface area (Å²) >= 11 is -1.41. The van der Waals surface area contributed by atoms with Gasteiger partial charge in [0.15, 0.2) is 0 Å². The molecule has 0 heterocycles. The summed E-state index contributed by atoms with van der Waals surface area (Å²) in [5, 5.41) is 0. The van der Waals surface area contributed by atoms with Crippen molar-refractivity contribution in [3.8, 4) is 0 Å². The Morgan fingerprint density at radius 1 is 1.22 bits per heavy atom. The molecular weight excluding hydrogens is 152 g/mol. The Balaban J connectivity index is 2.85. The molecule has 0 unspecified atom stereocenters. The summed E-state index contributed by atoms with van der Waals surface area (Å²) in [7, 11) is 0. The fraction of sp³-hybridized carbons (Fsp3) is 0.143. The third-order valence-corrected chi connectivity index (χ3v) is 2.57. The van der Waals surface area contributed by atoms with Crippen molar-refractivity contribution in [1.29, 1.82) is 0 Å². The molecule has 1 rings (SSSR count). The molecule has 1 nitrogen and oxygen atoms in total. The van der Waals surface area contributed by atoms with Crippen LogP contribution in [0.4, 0.5) is 0 Å². The van der Waals surface area contributed by atoms with Crippen molar-refractivity contribution in [2.75, 3.05) is 0 Å². The van der Waals surface area contributed by atoms with Gasteiger partial charge in [-0.15, -0.1) is 0 Å². The van der Waals surface area contributed by atoms with E-state index >= 15 is 0 Å². The van der Waals surface area contributed by atoms with Crippen LogP contribution in [0, 0.1) is 0 Å². The quantitative estimate of drug-likeness (QED) is 0.648. The van der Waals surface area contributed by atoms with Crippen LogP contribution >= 0.6 is 0 Å². The summed E-state index contributed by atoms with van der Waals surface area (Å²) in [5.41, 5.74) is 0. The van der Waals surface area contributed by atoms with Crippen molar-refractivity contribution in [2.24, 2.45) is 0 Å². The molecular formula is C7H9CrO. The average Bonchev–Trinajstić information content (AvgIpc) is 1.90.